The van der Waals surface area contributed by atoms with E-state index in [1.54, 1.807) is 13.2 Å². The normalized spacial score (nSPS) is 19.8. The average Bonchev–Trinajstić information content (AvgIpc) is 3.08. The van der Waals surface area contributed by atoms with Crippen molar-refractivity contribution in [3.8, 4) is 0 Å². The number of hydrogen-bond donors (Lipinski definition) is 2. The Morgan fingerprint density at radius 1 is 1.29 bits per heavy atom. The Balaban J connectivity index is 1.94. The molecule has 1 fully saturated rings. The van der Waals surface area contributed by atoms with Crippen molar-refractivity contribution in [2.24, 2.45) is 0 Å². The summed E-state index contributed by atoms with van der Waals surface area (Å²) in [6.45, 7) is 4.59. The van der Waals surface area contributed by atoms with Crippen molar-refractivity contribution >= 4 is 28.7 Å². The molecule has 2 N–H and O–H groups in total. The molecule has 1 aromatic heterocycles. The van der Waals surface area contributed by atoms with E-state index < -0.39 is 0 Å². The zero-order valence-corrected chi connectivity index (χ0v) is 16.4. The third-order valence-corrected chi connectivity index (χ3v) is 4.92. The monoisotopic (exact) mass is 388 g/mol. The van der Waals surface area contributed by atoms with E-state index in [2.05, 4.69) is 10.5 Å². The van der Waals surface area contributed by atoms with Crippen LogP contribution in [0.1, 0.15) is 50.8 Å². The first-order valence-electron chi connectivity index (χ1n) is 9.92. The molecular formula is C21H28N2O5. The van der Waals surface area contributed by atoms with Gasteiger partial charge in [-0.2, -0.15) is 0 Å². The third kappa shape index (κ3) is 4.84. The number of benzene rings is 1. The minimum absolute atomic E-state index is 0.0510. The molecule has 7 nitrogen and oxygen atoms in total. The maximum atomic E-state index is 12.0. The Morgan fingerprint density at radius 3 is 2.79 bits per heavy atom. The molecule has 0 aliphatic heterocycles. The average molecular weight is 388 g/mol. The van der Waals surface area contributed by atoms with E-state index in [1.807, 2.05) is 25.1 Å². The van der Waals surface area contributed by atoms with Gasteiger partial charge < -0.3 is 24.4 Å². The predicted octanol–water partition coefficient (Wildman–Crippen LogP) is 3.66. The highest BCUT2D eigenvalue weighted by Crippen LogP contribution is 2.33. The first-order chi connectivity index (χ1) is 13.6. The van der Waals surface area contributed by atoms with Crippen molar-refractivity contribution in [2.75, 3.05) is 18.5 Å². The van der Waals surface area contributed by atoms with Crippen LogP contribution in [0, 0.1) is 0 Å². The summed E-state index contributed by atoms with van der Waals surface area (Å²) in [6.07, 6.45) is 6.78. The summed E-state index contributed by atoms with van der Waals surface area (Å²) in [5.74, 6) is -0.336. The van der Waals surface area contributed by atoms with Crippen LogP contribution in [0.5, 0.6) is 0 Å². The minimum atomic E-state index is -0.336. The van der Waals surface area contributed by atoms with Crippen LogP contribution in [0.4, 0.5) is 5.69 Å². The van der Waals surface area contributed by atoms with Crippen molar-refractivity contribution in [3.05, 3.63) is 29.7 Å². The SMILES string of the molecule is CCO/C=C/c1c(NC2CCC(O)CC2)ccc2onc(CC(=O)OCC)c12. The fourth-order valence-electron chi connectivity index (χ4n) is 3.54. The lowest BCUT2D eigenvalue weighted by Gasteiger charge is -2.27. The second-order valence-electron chi connectivity index (χ2n) is 6.92. The molecule has 152 valence electrons. The number of rotatable bonds is 8. The molecule has 7 heteroatoms. The summed E-state index contributed by atoms with van der Waals surface area (Å²) < 4.78 is 15.9. The van der Waals surface area contributed by atoms with Gasteiger partial charge in [0.15, 0.2) is 5.58 Å². The number of aliphatic hydroxyl groups is 1. The zero-order valence-electron chi connectivity index (χ0n) is 16.4. The smallest absolute Gasteiger partial charge is 0.312 e. The molecule has 1 saturated carbocycles. The number of nitrogens with zero attached hydrogens (tertiary/aromatic N) is 1. The number of fused-ring (bicyclic) bond motifs is 1. The maximum Gasteiger partial charge on any atom is 0.312 e. The lowest BCUT2D eigenvalue weighted by molar-refractivity contribution is -0.142. The van der Waals surface area contributed by atoms with Gasteiger partial charge in [0, 0.05) is 17.3 Å². The van der Waals surface area contributed by atoms with Crippen LogP contribution in [0.2, 0.25) is 0 Å². The number of nitrogens with one attached hydrogen (secondary N) is 1. The topological polar surface area (TPSA) is 93.8 Å². The minimum Gasteiger partial charge on any atom is -0.501 e. The standard InChI is InChI=1S/C21H28N2O5/c1-3-26-12-11-16-17(22-14-5-7-15(24)8-6-14)9-10-19-21(16)18(23-28-19)13-20(25)27-4-2/h9-12,14-15,22,24H,3-8,13H2,1-2H3/b12-11+. The Bertz CT molecular complexity index is 822. The van der Waals surface area contributed by atoms with E-state index in [9.17, 15) is 9.90 Å². The van der Waals surface area contributed by atoms with Crippen LogP contribution in [0.25, 0.3) is 17.0 Å². The summed E-state index contributed by atoms with van der Waals surface area (Å²) in [5.41, 5.74) is 2.96. The molecule has 1 aromatic carbocycles. The molecule has 0 spiro atoms. The Labute approximate surface area is 164 Å². The number of ether oxygens (including phenoxy) is 2. The van der Waals surface area contributed by atoms with Gasteiger partial charge in [0.25, 0.3) is 0 Å². The first-order valence-corrected chi connectivity index (χ1v) is 9.92. The quantitative estimate of drug-likeness (QED) is 0.526. The predicted molar refractivity (Wildman–Crippen MR) is 107 cm³/mol. The molecule has 0 bridgehead atoms. The van der Waals surface area contributed by atoms with Gasteiger partial charge in [-0.1, -0.05) is 5.16 Å². The van der Waals surface area contributed by atoms with Crippen LogP contribution in [0.15, 0.2) is 22.9 Å². The number of aromatic nitrogens is 1. The highest BCUT2D eigenvalue weighted by molar-refractivity contribution is 5.96. The number of aliphatic hydroxyl groups excluding tert-OH is 1. The molecule has 1 aliphatic carbocycles. The number of carbonyl (C=O) groups is 1. The van der Waals surface area contributed by atoms with Crippen LogP contribution >= 0.6 is 0 Å². The van der Waals surface area contributed by atoms with Crippen LogP contribution in [-0.4, -0.2) is 41.6 Å². The van der Waals surface area contributed by atoms with Gasteiger partial charge in [-0.05, 0) is 57.7 Å². The molecule has 2 aromatic rings. The summed E-state index contributed by atoms with van der Waals surface area (Å²) in [4.78, 5) is 12.0. The number of hydrogen-bond acceptors (Lipinski definition) is 7. The molecule has 28 heavy (non-hydrogen) atoms. The van der Waals surface area contributed by atoms with E-state index in [1.165, 1.54) is 0 Å². The number of anilines is 1. The van der Waals surface area contributed by atoms with E-state index >= 15 is 0 Å². The van der Waals surface area contributed by atoms with Gasteiger partial charge in [0.1, 0.15) is 5.69 Å². The van der Waals surface area contributed by atoms with Crippen LogP contribution in [0.3, 0.4) is 0 Å². The van der Waals surface area contributed by atoms with Crippen molar-refractivity contribution in [1.29, 1.82) is 0 Å². The Kier molecular flexibility index (Phi) is 6.92. The summed E-state index contributed by atoms with van der Waals surface area (Å²) >= 11 is 0. The van der Waals surface area contributed by atoms with Crippen molar-refractivity contribution in [3.63, 3.8) is 0 Å². The highest BCUT2D eigenvalue weighted by atomic mass is 16.5. The van der Waals surface area contributed by atoms with Gasteiger partial charge >= 0.3 is 5.97 Å². The second kappa shape index (κ2) is 9.59. The molecule has 1 heterocycles. The van der Waals surface area contributed by atoms with E-state index in [4.69, 9.17) is 14.0 Å². The Morgan fingerprint density at radius 2 is 2.07 bits per heavy atom. The van der Waals surface area contributed by atoms with Crippen LogP contribution in [-0.2, 0) is 20.7 Å². The highest BCUT2D eigenvalue weighted by Gasteiger charge is 2.22. The Hall–Kier alpha value is -2.54. The second-order valence-corrected chi connectivity index (χ2v) is 6.92. The van der Waals surface area contributed by atoms with Gasteiger partial charge in [-0.3, -0.25) is 4.79 Å². The molecule has 0 radical (unpaired) electrons. The van der Waals surface area contributed by atoms with Gasteiger partial charge in [-0.15, -0.1) is 0 Å². The third-order valence-electron chi connectivity index (χ3n) is 4.92. The number of carbonyl (C=O) groups excluding carboxylic acids is 1. The van der Waals surface area contributed by atoms with Crippen LogP contribution < -0.4 is 5.32 Å². The van der Waals surface area contributed by atoms with E-state index in [0.717, 1.165) is 42.3 Å². The molecule has 1 aliphatic rings. The molecule has 0 atom stereocenters. The largest absolute Gasteiger partial charge is 0.501 e. The summed E-state index contributed by atoms with van der Waals surface area (Å²) in [5, 5.41) is 18.2. The summed E-state index contributed by atoms with van der Waals surface area (Å²) in [6, 6.07) is 4.10. The molecule has 0 amide bonds. The fraction of sp³-hybridized carbons (Fsp3) is 0.524. The van der Waals surface area contributed by atoms with Gasteiger partial charge in [0.05, 0.1) is 37.4 Å². The summed E-state index contributed by atoms with van der Waals surface area (Å²) in [7, 11) is 0. The molecule has 0 unspecified atom stereocenters. The van der Waals surface area contributed by atoms with Crippen molar-refractivity contribution in [1.82, 2.24) is 5.16 Å². The zero-order chi connectivity index (χ0) is 19.9. The van der Waals surface area contributed by atoms with Gasteiger partial charge in [-0.25, -0.2) is 0 Å². The van der Waals surface area contributed by atoms with Gasteiger partial charge in [0.2, 0.25) is 0 Å². The molecular weight excluding hydrogens is 360 g/mol. The lowest BCUT2D eigenvalue weighted by atomic mass is 9.92. The van der Waals surface area contributed by atoms with E-state index in [0.29, 0.717) is 24.5 Å². The number of esters is 1. The lowest BCUT2D eigenvalue weighted by Crippen LogP contribution is -2.28. The molecule has 0 saturated heterocycles. The van der Waals surface area contributed by atoms with Crippen molar-refractivity contribution in [2.45, 2.75) is 58.1 Å². The maximum absolute atomic E-state index is 12.0. The fourth-order valence-corrected chi connectivity index (χ4v) is 3.54. The molecule has 3 rings (SSSR count). The van der Waals surface area contributed by atoms with Crippen molar-refractivity contribution < 1.29 is 23.9 Å². The van der Waals surface area contributed by atoms with E-state index in [-0.39, 0.29) is 24.5 Å². The first kappa shape index (κ1) is 20.2.